The highest BCUT2D eigenvalue weighted by atomic mass is 79.9. The Morgan fingerprint density at radius 1 is 1.31 bits per heavy atom. The predicted molar refractivity (Wildman–Crippen MR) is 71.6 cm³/mol. The van der Waals surface area contributed by atoms with Crippen LogP contribution in [0.15, 0.2) is 28.7 Å². The van der Waals surface area contributed by atoms with Crippen molar-refractivity contribution in [1.82, 2.24) is 5.32 Å². The fourth-order valence-electron chi connectivity index (χ4n) is 1.37. The molecule has 0 aromatic heterocycles. The summed E-state index contributed by atoms with van der Waals surface area (Å²) >= 11 is 3.52. The van der Waals surface area contributed by atoms with Crippen molar-refractivity contribution in [2.75, 3.05) is 13.1 Å². The second-order valence-corrected chi connectivity index (χ2v) is 5.27. The molecule has 1 aromatic rings. The van der Waals surface area contributed by atoms with Crippen molar-refractivity contribution in [3.05, 3.63) is 34.3 Å². The molecule has 0 saturated carbocycles. The molecule has 0 aliphatic heterocycles. The Bertz CT molecular complexity index is 325. The van der Waals surface area contributed by atoms with Gasteiger partial charge in [0.2, 0.25) is 0 Å². The van der Waals surface area contributed by atoms with Crippen LogP contribution in [0.2, 0.25) is 0 Å². The van der Waals surface area contributed by atoms with Gasteiger partial charge in [0.25, 0.3) is 0 Å². The van der Waals surface area contributed by atoms with Crippen molar-refractivity contribution in [3.63, 3.8) is 0 Å². The van der Waals surface area contributed by atoms with E-state index in [-0.39, 0.29) is 5.60 Å². The van der Waals surface area contributed by atoms with Crippen LogP contribution in [0.5, 0.6) is 0 Å². The molecule has 0 bridgehead atoms. The van der Waals surface area contributed by atoms with Gasteiger partial charge in [-0.3, -0.25) is 0 Å². The van der Waals surface area contributed by atoms with Gasteiger partial charge in [0.1, 0.15) is 0 Å². The van der Waals surface area contributed by atoms with Gasteiger partial charge in [0.05, 0.1) is 12.2 Å². The fraction of sp³-hybridized carbons (Fsp3) is 0.538. The lowest BCUT2D eigenvalue weighted by Gasteiger charge is -2.25. The molecule has 90 valence electrons. The van der Waals surface area contributed by atoms with Crippen LogP contribution in [-0.4, -0.2) is 18.7 Å². The van der Waals surface area contributed by atoms with Crippen LogP contribution in [0, 0.1) is 0 Å². The highest BCUT2D eigenvalue weighted by Gasteiger charge is 2.17. The lowest BCUT2D eigenvalue weighted by atomic mass is 10.1. The van der Waals surface area contributed by atoms with Crippen molar-refractivity contribution < 1.29 is 4.74 Å². The van der Waals surface area contributed by atoms with E-state index in [0.29, 0.717) is 6.61 Å². The van der Waals surface area contributed by atoms with Gasteiger partial charge in [-0.1, -0.05) is 41.1 Å². The van der Waals surface area contributed by atoms with Crippen molar-refractivity contribution in [1.29, 1.82) is 0 Å². The molecular formula is C13H20BrNO. The number of rotatable bonds is 6. The molecule has 1 rings (SSSR count). The zero-order valence-corrected chi connectivity index (χ0v) is 11.8. The lowest BCUT2D eigenvalue weighted by Crippen LogP contribution is -2.37. The first-order chi connectivity index (χ1) is 7.55. The van der Waals surface area contributed by atoms with E-state index in [1.54, 1.807) is 0 Å². The van der Waals surface area contributed by atoms with Crippen LogP contribution in [-0.2, 0) is 11.3 Å². The fourth-order valence-corrected chi connectivity index (χ4v) is 1.76. The van der Waals surface area contributed by atoms with E-state index >= 15 is 0 Å². The number of nitrogens with one attached hydrogen (secondary N) is 1. The summed E-state index contributed by atoms with van der Waals surface area (Å²) in [7, 11) is 0. The second kappa shape index (κ2) is 6.38. The van der Waals surface area contributed by atoms with E-state index in [2.05, 4.69) is 48.1 Å². The van der Waals surface area contributed by atoms with Crippen molar-refractivity contribution >= 4 is 15.9 Å². The summed E-state index contributed by atoms with van der Waals surface area (Å²) in [5.41, 5.74) is 1.05. The standard InChI is InChI=1S/C13H20BrNO/c1-4-15-10-13(2,3)16-9-11-7-5-6-8-12(11)14/h5-8,15H,4,9-10H2,1-3H3. The van der Waals surface area contributed by atoms with Gasteiger partial charge in [0, 0.05) is 11.0 Å². The molecule has 0 aliphatic carbocycles. The Kier molecular flexibility index (Phi) is 5.46. The topological polar surface area (TPSA) is 21.3 Å². The number of hydrogen-bond donors (Lipinski definition) is 1. The largest absolute Gasteiger partial charge is 0.370 e. The van der Waals surface area contributed by atoms with Gasteiger partial charge in [-0.2, -0.15) is 0 Å². The minimum atomic E-state index is -0.134. The molecule has 0 saturated heterocycles. The van der Waals surface area contributed by atoms with Gasteiger partial charge in [0.15, 0.2) is 0 Å². The summed E-state index contributed by atoms with van der Waals surface area (Å²) in [5.74, 6) is 0. The summed E-state index contributed by atoms with van der Waals surface area (Å²) in [6.45, 7) is 8.79. The minimum Gasteiger partial charge on any atom is -0.370 e. The van der Waals surface area contributed by atoms with Crippen molar-refractivity contribution in [2.45, 2.75) is 33.0 Å². The van der Waals surface area contributed by atoms with E-state index < -0.39 is 0 Å². The van der Waals surface area contributed by atoms with Crippen LogP contribution < -0.4 is 5.32 Å². The molecule has 0 amide bonds. The molecule has 3 heteroatoms. The van der Waals surface area contributed by atoms with Crippen LogP contribution in [0.4, 0.5) is 0 Å². The third-order valence-electron chi connectivity index (χ3n) is 2.38. The van der Waals surface area contributed by atoms with Crippen LogP contribution in [0.3, 0.4) is 0 Å². The third-order valence-corrected chi connectivity index (χ3v) is 3.15. The van der Waals surface area contributed by atoms with Gasteiger partial charge in [-0.05, 0) is 32.0 Å². The zero-order chi connectivity index (χ0) is 12.0. The Morgan fingerprint density at radius 2 is 2.00 bits per heavy atom. The molecule has 0 aliphatic rings. The number of likely N-dealkylation sites (N-methyl/N-ethyl adjacent to an activating group) is 1. The first kappa shape index (κ1) is 13.7. The molecule has 0 radical (unpaired) electrons. The first-order valence-electron chi connectivity index (χ1n) is 5.63. The van der Waals surface area contributed by atoms with Gasteiger partial charge >= 0.3 is 0 Å². The summed E-state index contributed by atoms with van der Waals surface area (Å²) in [6, 6.07) is 8.15. The average Bonchev–Trinajstić information content (AvgIpc) is 2.26. The average molecular weight is 286 g/mol. The smallest absolute Gasteiger partial charge is 0.0754 e. The van der Waals surface area contributed by atoms with Gasteiger partial charge < -0.3 is 10.1 Å². The Labute approximate surface area is 107 Å². The Hall–Kier alpha value is -0.380. The molecule has 16 heavy (non-hydrogen) atoms. The number of halogens is 1. The van der Waals surface area contributed by atoms with E-state index in [4.69, 9.17) is 4.74 Å². The molecule has 0 unspecified atom stereocenters. The lowest BCUT2D eigenvalue weighted by molar-refractivity contribution is -0.0278. The van der Waals surface area contributed by atoms with E-state index in [0.717, 1.165) is 17.6 Å². The maximum atomic E-state index is 5.91. The molecule has 2 nitrogen and oxygen atoms in total. The highest BCUT2D eigenvalue weighted by molar-refractivity contribution is 9.10. The van der Waals surface area contributed by atoms with E-state index in [9.17, 15) is 0 Å². The van der Waals surface area contributed by atoms with E-state index in [1.807, 2.05) is 18.2 Å². The van der Waals surface area contributed by atoms with E-state index in [1.165, 1.54) is 5.56 Å². The quantitative estimate of drug-likeness (QED) is 0.866. The van der Waals surface area contributed by atoms with Crippen molar-refractivity contribution in [2.24, 2.45) is 0 Å². The molecule has 0 atom stereocenters. The minimum absolute atomic E-state index is 0.134. The van der Waals surface area contributed by atoms with Gasteiger partial charge in [-0.15, -0.1) is 0 Å². The molecule has 1 aromatic carbocycles. The SMILES string of the molecule is CCNCC(C)(C)OCc1ccccc1Br. The van der Waals surface area contributed by atoms with Crippen molar-refractivity contribution in [3.8, 4) is 0 Å². The maximum Gasteiger partial charge on any atom is 0.0754 e. The Balaban J connectivity index is 2.47. The number of hydrogen-bond acceptors (Lipinski definition) is 2. The maximum absolute atomic E-state index is 5.91. The highest BCUT2D eigenvalue weighted by Crippen LogP contribution is 2.19. The zero-order valence-electron chi connectivity index (χ0n) is 10.2. The number of ether oxygens (including phenoxy) is 1. The molecule has 1 N–H and O–H groups in total. The Morgan fingerprint density at radius 3 is 2.62 bits per heavy atom. The van der Waals surface area contributed by atoms with Crippen LogP contribution in [0.1, 0.15) is 26.3 Å². The van der Waals surface area contributed by atoms with Gasteiger partial charge in [-0.25, -0.2) is 0 Å². The molecule has 0 heterocycles. The normalized spacial score (nSPS) is 11.8. The third kappa shape index (κ3) is 4.64. The van der Waals surface area contributed by atoms with Crippen LogP contribution >= 0.6 is 15.9 Å². The molecular weight excluding hydrogens is 266 g/mol. The predicted octanol–water partition coefficient (Wildman–Crippen LogP) is 3.35. The first-order valence-corrected chi connectivity index (χ1v) is 6.42. The molecule has 0 fully saturated rings. The summed E-state index contributed by atoms with van der Waals surface area (Å²) in [5, 5.41) is 3.30. The summed E-state index contributed by atoms with van der Waals surface area (Å²) in [4.78, 5) is 0. The number of benzene rings is 1. The monoisotopic (exact) mass is 285 g/mol. The summed E-state index contributed by atoms with van der Waals surface area (Å²) < 4.78 is 7.01. The second-order valence-electron chi connectivity index (χ2n) is 4.42. The van der Waals surface area contributed by atoms with Crippen LogP contribution in [0.25, 0.3) is 0 Å². The summed E-state index contributed by atoms with van der Waals surface area (Å²) in [6.07, 6.45) is 0. The molecule has 0 spiro atoms.